The molecule has 0 fully saturated rings. The Bertz CT molecular complexity index is 1340. The molecule has 36 heavy (non-hydrogen) atoms. The summed E-state index contributed by atoms with van der Waals surface area (Å²) in [7, 11) is 3.24. The van der Waals surface area contributed by atoms with E-state index in [1.807, 2.05) is 31.2 Å². The first-order valence-corrected chi connectivity index (χ1v) is 12.1. The van der Waals surface area contributed by atoms with E-state index in [0.717, 1.165) is 45.7 Å². The Kier molecular flexibility index (Phi) is 7.39. The lowest BCUT2D eigenvalue weighted by molar-refractivity contribution is 0.0710. The highest BCUT2D eigenvalue weighted by atomic mass is 16.5. The van der Waals surface area contributed by atoms with Crippen LogP contribution in [-0.2, 0) is 6.42 Å². The first-order valence-electron chi connectivity index (χ1n) is 12.1. The zero-order valence-electron chi connectivity index (χ0n) is 21.4. The number of carbonyl (C=O) groups excluding carboxylic acids is 1. The van der Waals surface area contributed by atoms with Crippen LogP contribution in [0.5, 0.6) is 11.5 Å². The second-order valence-corrected chi connectivity index (χ2v) is 8.77. The number of hydrogen-bond acceptors (Lipinski definition) is 4. The van der Waals surface area contributed by atoms with Gasteiger partial charge >= 0.3 is 0 Å². The number of carbonyl (C=O) groups is 1. The minimum Gasteiger partial charge on any atom is -0.496 e. The van der Waals surface area contributed by atoms with Gasteiger partial charge in [0.05, 0.1) is 26.0 Å². The van der Waals surface area contributed by atoms with Gasteiger partial charge in [0.15, 0.2) is 0 Å². The normalized spacial score (nSPS) is 14.8. The van der Waals surface area contributed by atoms with Gasteiger partial charge < -0.3 is 9.47 Å². The van der Waals surface area contributed by atoms with Crippen LogP contribution < -0.4 is 9.47 Å². The van der Waals surface area contributed by atoms with Crippen LogP contribution in [0.15, 0.2) is 72.9 Å². The molecule has 0 bridgehead atoms. The van der Waals surface area contributed by atoms with Crippen molar-refractivity contribution in [1.29, 1.82) is 0 Å². The summed E-state index contributed by atoms with van der Waals surface area (Å²) in [5, 5.41) is 6.45. The van der Waals surface area contributed by atoms with E-state index in [9.17, 15) is 4.79 Å². The fraction of sp³-hybridized carbons (Fsp3) is 0.226. The number of aryl methyl sites for hydroxylation is 1. The Morgan fingerprint density at radius 2 is 1.69 bits per heavy atom. The molecule has 5 heteroatoms. The number of ether oxygens (including phenoxy) is 2. The SMILES string of the molecule is C=Cc1ccc(C2=NN(C(=O)c3cc(C=C)c(C)c(OC)c3)C(c3ccc(CC)cc3)C2)cc1OC. The van der Waals surface area contributed by atoms with Crippen molar-refractivity contribution in [2.24, 2.45) is 5.10 Å². The van der Waals surface area contributed by atoms with Crippen molar-refractivity contribution < 1.29 is 14.3 Å². The van der Waals surface area contributed by atoms with Crippen molar-refractivity contribution in [2.45, 2.75) is 32.7 Å². The van der Waals surface area contributed by atoms with Crippen molar-refractivity contribution >= 4 is 23.8 Å². The van der Waals surface area contributed by atoms with Crippen molar-refractivity contribution in [1.82, 2.24) is 5.01 Å². The molecule has 1 aliphatic heterocycles. The third kappa shape index (κ3) is 4.69. The molecular formula is C31H32N2O3. The summed E-state index contributed by atoms with van der Waals surface area (Å²) >= 11 is 0. The Balaban J connectivity index is 1.79. The maximum atomic E-state index is 13.9. The highest BCUT2D eigenvalue weighted by molar-refractivity contribution is 6.05. The number of amides is 1. The average molecular weight is 481 g/mol. The van der Waals surface area contributed by atoms with E-state index in [1.54, 1.807) is 37.4 Å². The third-order valence-electron chi connectivity index (χ3n) is 6.76. The maximum absolute atomic E-state index is 13.9. The fourth-order valence-corrected chi connectivity index (χ4v) is 4.56. The summed E-state index contributed by atoms with van der Waals surface area (Å²) in [5.41, 5.74) is 7.23. The molecule has 0 saturated heterocycles. The molecule has 3 aromatic rings. The number of benzene rings is 3. The van der Waals surface area contributed by atoms with Crippen molar-refractivity contribution in [3.8, 4) is 11.5 Å². The third-order valence-corrected chi connectivity index (χ3v) is 6.76. The first-order chi connectivity index (χ1) is 17.4. The van der Waals surface area contributed by atoms with Gasteiger partial charge in [0.2, 0.25) is 0 Å². The number of hydrogen-bond donors (Lipinski definition) is 0. The quantitative estimate of drug-likeness (QED) is 0.354. The Morgan fingerprint density at radius 1 is 1.00 bits per heavy atom. The lowest BCUT2D eigenvalue weighted by Gasteiger charge is -2.23. The molecule has 1 heterocycles. The second-order valence-electron chi connectivity index (χ2n) is 8.77. The Labute approximate surface area is 213 Å². The molecular weight excluding hydrogens is 448 g/mol. The van der Waals surface area contributed by atoms with Gasteiger partial charge in [-0.3, -0.25) is 4.79 Å². The van der Waals surface area contributed by atoms with Gasteiger partial charge in [-0.15, -0.1) is 0 Å². The van der Waals surface area contributed by atoms with Gasteiger partial charge in [-0.25, -0.2) is 5.01 Å². The van der Waals surface area contributed by atoms with Crippen molar-refractivity contribution in [3.63, 3.8) is 0 Å². The summed E-state index contributed by atoms with van der Waals surface area (Å²) in [6.07, 6.45) is 5.04. The van der Waals surface area contributed by atoms with Gasteiger partial charge in [-0.1, -0.05) is 68.6 Å². The smallest absolute Gasteiger partial charge is 0.274 e. The summed E-state index contributed by atoms with van der Waals surface area (Å²) < 4.78 is 11.1. The molecule has 0 aromatic heterocycles. The van der Waals surface area contributed by atoms with E-state index in [-0.39, 0.29) is 11.9 Å². The number of rotatable bonds is 8. The number of nitrogens with zero attached hydrogens (tertiary/aromatic N) is 2. The molecule has 5 nitrogen and oxygen atoms in total. The molecule has 0 aliphatic carbocycles. The minimum atomic E-state index is -0.233. The van der Waals surface area contributed by atoms with Gasteiger partial charge in [-0.05, 0) is 53.8 Å². The molecule has 1 atom stereocenters. The van der Waals surface area contributed by atoms with Gasteiger partial charge in [0.1, 0.15) is 11.5 Å². The van der Waals surface area contributed by atoms with E-state index in [1.165, 1.54) is 5.56 Å². The Hall–Kier alpha value is -4.12. The van der Waals surface area contributed by atoms with Crippen LogP contribution in [0.25, 0.3) is 12.2 Å². The molecule has 0 N–H and O–H groups in total. The standard InChI is InChI=1S/C31H32N2O3/c1-7-21-10-12-24(13-11-21)28-19-27(25-15-14-22(8-2)30(17-25)36-6)32-33(28)31(34)26-16-23(9-3)20(4)29(18-26)35-5/h8-18,28H,2-3,7,19H2,1,4-6H3. The van der Waals surface area contributed by atoms with Crippen LogP contribution in [0.1, 0.15) is 63.1 Å². The minimum absolute atomic E-state index is 0.189. The first kappa shape index (κ1) is 25.0. The van der Waals surface area contributed by atoms with E-state index in [2.05, 4.69) is 44.3 Å². The van der Waals surface area contributed by atoms with E-state index in [0.29, 0.717) is 17.7 Å². The molecule has 0 radical (unpaired) electrons. The molecule has 0 saturated carbocycles. The number of hydrazone groups is 1. The van der Waals surface area contributed by atoms with Crippen LogP contribution in [0.2, 0.25) is 0 Å². The predicted molar refractivity (Wildman–Crippen MR) is 147 cm³/mol. The van der Waals surface area contributed by atoms with Gasteiger partial charge in [-0.2, -0.15) is 5.10 Å². The number of methoxy groups -OCH3 is 2. The Morgan fingerprint density at radius 3 is 2.31 bits per heavy atom. The fourth-order valence-electron chi connectivity index (χ4n) is 4.56. The lowest BCUT2D eigenvalue weighted by atomic mass is 9.96. The topological polar surface area (TPSA) is 51.1 Å². The lowest BCUT2D eigenvalue weighted by Crippen LogP contribution is -2.27. The highest BCUT2D eigenvalue weighted by Gasteiger charge is 2.34. The second kappa shape index (κ2) is 10.6. The molecule has 4 rings (SSSR count). The van der Waals surface area contributed by atoms with Gasteiger partial charge in [0.25, 0.3) is 5.91 Å². The molecule has 1 aliphatic rings. The monoisotopic (exact) mass is 480 g/mol. The van der Waals surface area contributed by atoms with E-state index < -0.39 is 0 Å². The molecule has 184 valence electrons. The van der Waals surface area contributed by atoms with E-state index >= 15 is 0 Å². The van der Waals surface area contributed by atoms with Crippen LogP contribution in [0.4, 0.5) is 0 Å². The largest absolute Gasteiger partial charge is 0.496 e. The summed E-state index contributed by atoms with van der Waals surface area (Å²) in [6.45, 7) is 11.8. The predicted octanol–water partition coefficient (Wildman–Crippen LogP) is 6.85. The maximum Gasteiger partial charge on any atom is 0.274 e. The average Bonchev–Trinajstić information content (AvgIpc) is 3.37. The molecule has 1 amide bonds. The van der Waals surface area contributed by atoms with Crippen LogP contribution in [0.3, 0.4) is 0 Å². The van der Waals surface area contributed by atoms with Crippen LogP contribution in [-0.4, -0.2) is 30.8 Å². The van der Waals surface area contributed by atoms with Crippen molar-refractivity contribution in [2.75, 3.05) is 14.2 Å². The van der Waals surface area contributed by atoms with Gasteiger partial charge in [0, 0.05) is 23.1 Å². The molecule has 0 spiro atoms. The molecule has 1 unspecified atom stereocenters. The summed E-state index contributed by atoms with van der Waals surface area (Å²) in [4.78, 5) is 13.9. The van der Waals surface area contributed by atoms with Crippen LogP contribution in [0, 0.1) is 6.92 Å². The van der Waals surface area contributed by atoms with Crippen molar-refractivity contribution in [3.05, 3.63) is 107 Å². The van der Waals surface area contributed by atoms with E-state index in [4.69, 9.17) is 14.6 Å². The summed E-state index contributed by atoms with van der Waals surface area (Å²) in [6, 6.07) is 17.7. The molecule has 3 aromatic carbocycles. The highest BCUT2D eigenvalue weighted by Crippen LogP contribution is 2.36. The summed E-state index contributed by atoms with van der Waals surface area (Å²) in [5.74, 6) is 1.18. The zero-order valence-corrected chi connectivity index (χ0v) is 21.4. The zero-order chi connectivity index (χ0) is 25.8. The van der Waals surface area contributed by atoms with Crippen LogP contribution >= 0.6 is 0 Å².